The van der Waals surface area contributed by atoms with E-state index in [0.717, 1.165) is 11.3 Å². The molecule has 2 aromatic rings. The molecule has 1 atom stereocenters. The van der Waals surface area contributed by atoms with E-state index >= 15 is 0 Å². The third-order valence-electron chi connectivity index (χ3n) is 2.76. The molecule has 0 saturated carbocycles. The fraction of sp³-hybridized carbons (Fsp3) is 0.125. The number of benzene rings is 2. The summed E-state index contributed by atoms with van der Waals surface area (Å²) in [6.45, 7) is 0. The highest BCUT2D eigenvalue weighted by Gasteiger charge is 2.00. The predicted molar refractivity (Wildman–Crippen MR) is 89.6 cm³/mol. The van der Waals surface area contributed by atoms with Crippen molar-refractivity contribution < 1.29 is 12.9 Å². The maximum Gasteiger partial charge on any atom is 0.146 e. The van der Waals surface area contributed by atoms with Crippen LogP contribution in [0.25, 0.3) is 12.2 Å². The van der Waals surface area contributed by atoms with E-state index in [9.17, 15) is 8.76 Å². The Morgan fingerprint density at radius 3 is 2.43 bits per heavy atom. The van der Waals surface area contributed by atoms with Gasteiger partial charge in [0.2, 0.25) is 0 Å². The molecule has 2 rings (SSSR count). The lowest BCUT2D eigenvalue weighted by Gasteiger charge is -2.09. The Balaban J connectivity index is 2.13. The summed E-state index contributed by atoms with van der Waals surface area (Å²) in [7, 11) is 3.60. The Morgan fingerprint density at radius 2 is 1.78 bits per heavy atom. The van der Waals surface area contributed by atoms with Crippen LogP contribution in [0.15, 0.2) is 58.9 Å². The van der Waals surface area contributed by atoms with Gasteiger partial charge in [-0.15, -0.1) is 5.11 Å². The lowest BCUT2D eigenvalue weighted by atomic mass is 10.1. The van der Waals surface area contributed by atoms with E-state index in [1.807, 2.05) is 36.4 Å². The first-order valence-electron chi connectivity index (χ1n) is 6.78. The molecule has 1 unspecified atom stereocenters. The fourth-order valence-electron chi connectivity index (χ4n) is 1.75. The maximum atomic E-state index is 10.7. The first kappa shape index (κ1) is 16.9. The molecule has 0 aliphatic heterocycles. The highest BCUT2D eigenvalue weighted by Crippen LogP contribution is 2.22. The molecule has 120 valence electrons. The minimum Gasteiger partial charge on any atom is -0.740 e. The molecule has 0 spiro atoms. The third kappa shape index (κ3) is 5.65. The molecule has 23 heavy (non-hydrogen) atoms. The van der Waals surface area contributed by atoms with Crippen LogP contribution in [0.2, 0.25) is 0 Å². The minimum absolute atomic E-state index is 0.286. The summed E-state index contributed by atoms with van der Waals surface area (Å²) >= 11 is -2.60. The van der Waals surface area contributed by atoms with Crippen LogP contribution in [0.4, 0.5) is 5.69 Å². The van der Waals surface area contributed by atoms with Gasteiger partial charge in [-0.3, -0.25) is 5.01 Å². The van der Waals surface area contributed by atoms with Crippen molar-refractivity contribution in [3.63, 3.8) is 0 Å². The van der Waals surface area contributed by atoms with Crippen molar-refractivity contribution in [1.29, 1.82) is 0 Å². The Hall–Kier alpha value is -2.51. The van der Waals surface area contributed by atoms with Crippen molar-refractivity contribution in [2.45, 2.75) is 0 Å². The van der Waals surface area contributed by atoms with Gasteiger partial charge < -0.3 is 8.74 Å². The van der Waals surface area contributed by atoms with Gasteiger partial charge in [-0.05, 0) is 23.8 Å². The highest BCUT2D eigenvalue weighted by molar-refractivity contribution is 7.74. The number of rotatable bonds is 6. The van der Waals surface area contributed by atoms with Gasteiger partial charge in [-0.2, -0.15) is 0 Å². The molecule has 0 aromatic heterocycles. The summed E-state index contributed by atoms with van der Waals surface area (Å²) < 4.78 is 26.1. The molecule has 7 heteroatoms. The SMILES string of the molecule is CN(C)N=Nc1ccc(C=Cc2ccccc2OS(=O)[O-])cc1. The molecule has 0 aliphatic rings. The van der Waals surface area contributed by atoms with Gasteiger partial charge in [0.1, 0.15) is 17.1 Å². The second-order valence-electron chi connectivity index (χ2n) is 4.79. The molecule has 0 saturated heterocycles. The molecule has 0 heterocycles. The van der Waals surface area contributed by atoms with Crippen LogP contribution in [0.5, 0.6) is 5.75 Å². The van der Waals surface area contributed by atoms with Crippen LogP contribution < -0.4 is 4.18 Å². The molecule has 2 aromatic carbocycles. The number of hydrogen-bond acceptors (Lipinski definition) is 5. The third-order valence-corrected chi connectivity index (χ3v) is 3.08. The zero-order valence-corrected chi connectivity index (χ0v) is 13.6. The van der Waals surface area contributed by atoms with Crippen molar-refractivity contribution in [3.8, 4) is 5.75 Å². The minimum atomic E-state index is -2.60. The Labute approximate surface area is 137 Å². The zero-order chi connectivity index (χ0) is 16.7. The lowest BCUT2D eigenvalue weighted by Crippen LogP contribution is -1.99. The summed E-state index contributed by atoms with van der Waals surface area (Å²) in [6, 6.07) is 14.4. The molecule has 0 amide bonds. The summed E-state index contributed by atoms with van der Waals surface area (Å²) in [5.41, 5.74) is 2.38. The van der Waals surface area contributed by atoms with Crippen LogP contribution in [-0.4, -0.2) is 27.9 Å². The van der Waals surface area contributed by atoms with Crippen molar-refractivity contribution in [2.75, 3.05) is 14.1 Å². The summed E-state index contributed by atoms with van der Waals surface area (Å²) in [4.78, 5) is 0. The lowest BCUT2D eigenvalue weighted by molar-refractivity contribution is 0.408. The molecule has 0 fully saturated rings. The van der Waals surface area contributed by atoms with Crippen molar-refractivity contribution in [2.24, 2.45) is 10.3 Å². The van der Waals surface area contributed by atoms with Gasteiger partial charge in [0, 0.05) is 19.7 Å². The molecule has 0 bridgehead atoms. The van der Waals surface area contributed by atoms with E-state index in [2.05, 4.69) is 10.3 Å². The Morgan fingerprint density at radius 1 is 1.09 bits per heavy atom. The summed E-state index contributed by atoms with van der Waals surface area (Å²) in [5.74, 6) is 0.286. The second-order valence-corrected chi connectivity index (χ2v) is 5.36. The van der Waals surface area contributed by atoms with E-state index in [0.29, 0.717) is 5.56 Å². The first-order valence-corrected chi connectivity index (χ1v) is 7.78. The molecule has 0 aliphatic carbocycles. The van der Waals surface area contributed by atoms with Crippen LogP contribution in [0.1, 0.15) is 11.1 Å². The van der Waals surface area contributed by atoms with Gasteiger partial charge >= 0.3 is 0 Å². The second kappa shape index (κ2) is 8.21. The molecular weight excluding hydrogens is 314 g/mol. The van der Waals surface area contributed by atoms with Gasteiger partial charge in [0.15, 0.2) is 0 Å². The van der Waals surface area contributed by atoms with Gasteiger partial charge in [0.05, 0.1) is 5.69 Å². The van der Waals surface area contributed by atoms with Crippen LogP contribution in [-0.2, 0) is 11.4 Å². The fourth-order valence-corrected chi connectivity index (χ4v) is 2.04. The average molecular weight is 330 g/mol. The summed E-state index contributed by atoms with van der Waals surface area (Å²) in [6.07, 6.45) is 3.65. The van der Waals surface area contributed by atoms with Gasteiger partial charge in [0.25, 0.3) is 0 Å². The monoisotopic (exact) mass is 330 g/mol. The Kier molecular flexibility index (Phi) is 6.02. The van der Waals surface area contributed by atoms with E-state index in [1.165, 1.54) is 0 Å². The van der Waals surface area contributed by atoms with Crippen molar-refractivity contribution in [3.05, 3.63) is 59.7 Å². The predicted octanol–water partition coefficient (Wildman–Crippen LogP) is 3.59. The quantitative estimate of drug-likeness (QED) is 0.351. The van der Waals surface area contributed by atoms with Crippen molar-refractivity contribution in [1.82, 2.24) is 5.01 Å². The van der Waals surface area contributed by atoms with Gasteiger partial charge in [-0.25, -0.2) is 4.21 Å². The van der Waals surface area contributed by atoms with Gasteiger partial charge in [-0.1, -0.05) is 47.7 Å². The molecule has 6 nitrogen and oxygen atoms in total. The van der Waals surface area contributed by atoms with E-state index in [-0.39, 0.29) is 5.75 Å². The van der Waals surface area contributed by atoms with E-state index in [1.54, 1.807) is 43.4 Å². The first-order chi connectivity index (χ1) is 11.0. The summed E-state index contributed by atoms with van der Waals surface area (Å²) in [5, 5.41) is 9.59. The number of para-hydroxylation sites is 1. The largest absolute Gasteiger partial charge is 0.740 e. The molecule has 0 N–H and O–H groups in total. The number of hydrogen-bond donors (Lipinski definition) is 0. The smallest absolute Gasteiger partial charge is 0.146 e. The zero-order valence-electron chi connectivity index (χ0n) is 12.7. The van der Waals surface area contributed by atoms with E-state index in [4.69, 9.17) is 4.18 Å². The normalized spacial score (nSPS) is 12.7. The molecule has 0 radical (unpaired) electrons. The Bertz CT molecular complexity index is 728. The van der Waals surface area contributed by atoms with Crippen LogP contribution in [0, 0.1) is 0 Å². The molecular formula is C16H16N3O3S-. The number of nitrogens with zero attached hydrogens (tertiary/aromatic N) is 3. The topological polar surface area (TPSA) is 77.3 Å². The highest BCUT2D eigenvalue weighted by atomic mass is 32.2. The van der Waals surface area contributed by atoms with Crippen molar-refractivity contribution >= 4 is 29.2 Å². The maximum absolute atomic E-state index is 10.7. The van der Waals surface area contributed by atoms with E-state index < -0.39 is 11.4 Å². The standard InChI is InChI=1S/C16H17N3O3S/c1-19(2)18-17-15-11-8-13(9-12-15)7-10-14-5-3-4-6-16(14)22-23(20)21/h3-12H,1-2H3,(H,20,21)/p-1. The average Bonchev–Trinajstić information content (AvgIpc) is 2.52. The van der Waals surface area contributed by atoms with Crippen LogP contribution >= 0.6 is 0 Å². The van der Waals surface area contributed by atoms with Crippen LogP contribution in [0.3, 0.4) is 0 Å².